The Hall–Kier alpha value is -0.570. The molecule has 0 aliphatic rings. The molecule has 3 nitrogen and oxygen atoms in total. The number of aliphatic hydroxyl groups is 1. The van der Waals surface area contributed by atoms with Gasteiger partial charge in [0.1, 0.15) is 6.61 Å². The van der Waals surface area contributed by atoms with Crippen LogP contribution in [0, 0.1) is 0 Å². The molecule has 1 atom stereocenters. The SMILES string of the molecule is CC=NOCC(C)O. The van der Waals surface area contributed by atoms with Gasteiger partial charge in [0, 0.05) is 6.21 Å². The van der Waals surface area contributed by atoms with Crippen molar-refractivity contribution < 1.29 is 9.94 Å². The molecule has 1 N–H and O–H groups in total. The molecule has 0 bridgehead atoms. The summed E-state index contributed by atoms with van der Waals surface area (Å²) >= 11 is 0. The minimum Gasteiger partial charge on any atom is -0.393 e. The topological polar surface area (TPSA) is 41.8 Å². The van der Waals surface area contributed by atoms with Gasteiger partial charge in [0.15, 0.2) is 0 Å². The highest BCUT2D eigenvalue weighted by atomic mass is 16.6. The van der Waals surface area contributed by atoms with Gasteiger partial charge in [0.05, 0.1) is 6.10 Å². The predicted octanol–water partition coefficient (Wildman–Crippen LogP) is 0.390. The average Bonchev–Trinajstić information content (AvgIpc) is 1.66. The van der Waals surface area contributed by atoms with Crippen LogP contribution >= 0.6 is 0 Å². The number of oxime groups is 1. The first-order chi connectivity index (χ1) is 3.77. The Morgan fingerprint density at radius 3 is 2.88 bits per heavy atom. The third-order valence-corrected chi connectivity index (χ3v) is 0.496. The molecule has 0 radical (unpaired) electrons. The number of rotatable bonds is 3. The molecule has 0 aromatic rings. The summed E-state index contributed by atoms with van der Waals surface area (Å²) in [5.41, 5.74) is 0. The fourth-order valence-electron chi connectivity index (χ4n) is 0.225. The summed E-state index contributed by atoms with van der Waals surface area (Å²) in [6.07, 6.45) is 1.10. The lowest BCUT2D eigenvalue weighted by Crippen LogP contribution is -2.07. The van der Waals surface area contributed by atoms with Crippen LogP contribution in [0.2, 0.25) is 0 Å². The van der Waals surface area contributed by atoms with Gasteiger partial charge >= 0.3 is 0 Å². The van der Waals surface area contributed by atoms with Crippen LogP contribution in [0.15, 0.2) is 5.16 Å². The summed E-state index contributed by atoms with van der Waals surface area (Å²) in [7, 11) is 0. The summed E-state index contributed by atoms with van der Waals surface area (Å²) < 4.78 is 0. The zero-order valence-corrected chi connectivity index (χ0v) is 5.16. The Balaban J connectivity index is 2.93. The van der Waals surface area contributed by atoms with E-state index in [4.69, 9.17) is 5.11 Å². The van der Waals surface area contributed by atoms with Crippen molar-refractivity contribution in [2.24, 2.45) is 5.16 Å². The molecular weight excluding hydrogens is 106 g/mol. The van der Waals surface area contributed by atoms with E-state index in [1.54, 1.807) is 13.8 Å². The van der Waals surface area contributed by atoms with Crippen LogP contribution < -0.4 is 0 Å². The first kappa shape index (κ1) is 7.43. The quantitative estimate of drug-likeness (QED) is 0.429. The molecule has 0 aromatic carbocycles. The Kier molecular flexibility index (Phi) is 4.26. The fourth-order valence-corrected chi connectivity index (χ4v) is 0.225. The maximum absolute atomic E-state index is 8.58. The van der Waals surface area contributed by atoms with Crippen LogP contribution in [0.3, 0.4) is 0 Å². The highest BCUT2D eigenvalue weighted by Crippen LogP contribution is 1.80. The second-order valence-electron chi connectivity index (χ2n) is 1.51. The lowest BCUT2D eigenvalue weighted by Gasteiger charge is -1.98. The summed E-state index contributed by atoms with van der Waals surface area (Å²) in [6.45, 7) is 3.66. The first-order valence-corrected chi connectivity index (χ1v) is 2.55. The van der Waals surface area contributed by atoms with Crippen LogP contribution in [0.1, 0.15) is 13.8 Å². The Labute approximate surface area is 49.0 Å². The molecule has 0 aromatic heterocycles. The Bertz CT molecular complexity index is 70.8. The van der Waals surface area contributed by atoms with E-state index in [0.717, 1.165) is 0 Å². The van der Waals surface area contributed by atoms with Gasteiger partial charge in [-0.25, -0.2) is 0 Å². The number of hydrogen-bond acceptors (Lipinski definition) is 3. The van der Waals surface area contributed by atoms with Gasteiger partial charge in [-0.3, -0.25) is 0 Å². The highest BCUT2D eigenvalue weighted by Gasteiger charge is 1.90. The van der Waals surface area contributed by atoms with Crippen LogP contribution in [0.25, 0.3) is 0 Å². The number of aliphatic hydroxyl groups excluding tert-OH is 1. The summed E-state index contributed by atoms with van der Waals surface area (Å²) in [4.78, 5) is 4.56. The van der Waals surface area contributed by atoms with Crippen molar-refractivity contribution in [3.8, 4) is 0 Å². The molecule has 3 heteroatoms. The number of hydrogen-bond donors (Lipinski definition) is 1. The zero-order valence-electron chi connectivity index (χ0n) is 5.16. The molecule has 0 heterocycles. The average molecular weight is 117 g/mol. The zero-order chi connectivity index (χ0) is 6.41. The second kappa shape index (κ2) is 4.59. The molecule has 0 rings (SSSR count). The summed E-state index contributed by atoms with van der Waals surface area (Å²) in [5, 5.41) is 12.0. The van der Waals surface area contributed by atoms with Crippen molar-refractivity contribution in [2.45, 2.75) is 20.0 Å². The van der Waals surface area contributed by atoms with Crippen molar-refractivity contribution in [3.05, 3.63) is 0 Å². The van der Waals surface area contributed by atoms with Crippen molar-refractivity contribution in [2.75, 3.05) is 6.61 Å². The van der Waals surface area contributed by atoms with E-state index >= 15 is 0 Å². The molecule has 0 saturated heterocycles. The van der Waals surface area contributed by atoms with Gasteiger partial charge < -0.3 is 9.94 Å². The lowest BCUT2D eigenvalue weighted by molar-refractivity contribution is 0.0507. The summed E-state index contributed by atoms with van der Waals surface area (Å²) in [6, 6.07) is 0. The standard InChI is InChI=1S/C5H11NO2/c1-3-6-8-4-5(2)7/h3,5,7H,4H2,1-2H3. The molecule has 0 saturated carbocycles. The van der Waals surface area contributed by atoms with E-state index in [1.807, 2.05) is 0 Å². The molecule has 48 valence electrons. The predicted molar refractivity (Wildman–Crippen MR) is 31.8 cm³/mol. The van der Waals surface area contributed by atoms with Crippen molar-refractivity contribution in [1.82, 2.24) is 0 Å². The molecule has 8 heavy (non-hydrogen) atoms. The van der Waals surface area contributed by atoms with Crippen LogP contribution in [0.5, 0.6) is 0 Å². The Morgan fingerprint density at radius 2 is 2.50 bits per heavy atom. The molecular formula is C5H11NO2. The number of nitrogens with zero attached hydrogens (tertiary/aromatic N) is 1. The smallest absolute Gasteiger partial charge is 0.142 e. The third kappa shape index (κ3) is 5.43. The van der Waals surface area contributed by atoms with Gasteiger partial charge in [0.25, 0.3) is 0 Å². The van der Waals surface area contributed by atoms with Crippen LogP contribution in [-0.4, -0.2) is 24.0 Å². The molecule has 0 aliphatic heterocycles. The van der Waals surface area contributed by atoms with Gasteiger partial charge in [0.2, 0.25) is 0 Å². The van der Waals surface area contributed by atoms with Crippen molar-refractivity contribution >= 4 is 6.21 Å². The van der Waals surface area contributed by atoms with Gasteiger partial charge in [-0.2, -0.15) is 0 Å². The second-order valence-corrected chi connectivity index (χ2v) is 1.51. The molecule has 0 spiro atoms. The maximum Gasteiger partial charge on any atom is 0.142 e. The van der Waals surface area contributed by atoms with Gasteiger partial charge in [-0.05, 0) is 13.8 Å². The van der Waals surface area contributed by atoms with E-state index in [9.17, 15) is 0 Å². The van der Waals surface area contributed by atoms with E-state index in [0.29, 0.717) is 0 Å². The lowest BCUT2D eigenvalue weighted by atomic mass is 10.5. The van der Waals surface area contributed by atoms with Crippen molar-refractivity contribution in [1.29, 1.82) is 0 Å². The highest BCUT2D eigenvalue weighted by molar-refractivity contribution is 5.52. The largest absolute Gasteiger partial charge is 0.393 e. The Morgan fingerprint density at radius 1 is 1.88 bits per heavy atom. The molecule has 0 amide bonds. The monoisotopic (exact) mass is 117 g/mol. The fraction of sp³-hybridized carbons (Fsp3) is 0.800. The van der Waals surface area contributed by atoms with E-state index in [1.165, 1.54) is 6.21 Å². The van der Waals surface area contributed by atoms with E-state index < -0.39 is 6.10 Å². The minimum atomic E-state index is -0.432. The summed E-state index contributed by atoms with van der Waals surface area (Å²) in [5.74, 6) is 0. The van der Waals surface area contributed by atoms with Crippen molar-refractivity contribution in [3.63, 3.8) is 0 Å². The third-order valence-electron chi connectivity index (χ3n) is 0.496. The van der Waals surface area contributed by atoms with Gasteiger partial charge in [-0.15, -0.1) is 0 Å². The van der Waals surface area contributed by atoms with Crippen LogP contribution in [-0.2, 0) is 4.84 Å². The molecule has 0 fully saturated rings. The molecule has 1 unspecified atom stereocenters. The van der Waals surface area contributed by atoms with Gasteiger partial charge in [-0.1, -0.05) is 5.16 Å². The first-order valence-electron chi connectivity index (χ1n) is 2.55. The van der Waals surface area contributed by atoms with E-state index in [2.05, 4.69) is 9.99 Å². The minimum absolute atomic E-state index is 0.268. The maximum atomic E-state index is 8.58. The normalized spacial score (nSPS) is 14.4. The van der Waals surface area contributed by atoms with E-state index in [-0.39, 0.29) is 6.61 Å². The van der Waals surface area contributed by atoms with Crippen LogP contribution in [0.4, 0.5) is 0 Å². The molecule has 0 aliphatic carbocycles.